The summed E-state index contributed by atoms with van der Waals surface area (Å²) >= 11 is 0. The molecule has 3 heteroatoms. The summed E-state index contributed by atoms with van der Waals surface area (Å²) in [4.78, 5) is 8.50. The number of hydrogen-bond donors (Lipinski definition) is 0. The second kappa shape index (κ2) is 6.73. The Labute approximate surface area is 181 Å². The highest BCUT2D eigenvalue weighted by Gasteiger charge is 2.17. The van der Waals surface area contributed by atoms with E-state index in [2.05, 4.69) is 9.97 Å². The zero-order chi connectivity index (χ0) is 28.5. The molecule has 0 N–H and O–H groups in total. The van der Waals surface area contributed by atoms with E-state index in [0.717, 1.165) is 18.9 Å². The largest absolute Gasteiger partial charge is 0.438 e. The topological polar surface area (TPSA) is 38.9 Å². The molecule has 142 valence electrons. The van der Waals surface area contributed by atoms with E-state index in [1.165, 1.54) is 12.3 Å². The molecule has 1 aromatic carbocycles. The molecule has 1 saturated carbocycles. The molecule has 5 rings (SSSR count). The van der Waals surface area contributed by atoms with Crippen LogP contribution in [0.15, 0.2) is 40.9 Å². The summed E-state index contributed by atoms with van der Waals surface area (Å²) in [5.74, 6) is -0.287. The van der Waals surface area contributed by atoms with Crippen LogP contribution < -0.4 is 0 Å². The first-order valence-corrected chi connectivity index (χ1v) is 9.37. The molecule has 1 fully saturated rings. The van der Waals surface area contributed by atoms with Gasteiger partial charge in [0, 0.05) is 37.9 Å². The smallest absolute Gasteiger partial charge is 0.227 e. The van der Waals surface area contributed by atoms with Crippen molar-refractivity contribution >= 4 is 22.1 Å². The number of aryl methyl sites for hydroxylation is 3. The predicted octanol–water partition coefficient (Wildman–Crippen LogP) is 6.70. The summed E-state index contributed by atoms with van der Waals surface area (Å²) in [6.45, 7) is -7.89. The Bertz CT molecular complexity index is 1560. The molecular formula is C25H26N2O. The SMILES string of the molecule is [2H]C([2H])([2H])c1cc(C([2H])([2H])[2H])c2c(n1)oc1ccc(-c3cc(C([2H])([2H])[2H])c(C([2H])([2H])C4CCCC4)cn3)cc12. The van der Waals surface area contributed by atoms with Crippen LogP contribution in [0.25, 0.3) is 33.3 Å². The Balaban J connectivity index is 1.70. The number of fused-ring (bicyclic) bond motifs is 3. The molecule has 0 spiro atoms. The highest BCUT2D eigenvalue weighted by molar-refractivity contribution is 6.06. The molecule has 0 radical (unpaired) electrons. The van der Waals surface area contributed by atoms with Crippen molar-refractivity contribution in [3.8, 4) is 11.3 Å². The number of furan rings is 1. The molecule has 4 aromatic rings. The number of nitrogens with zero attached hydrogens (tertiary/aromatic N) is 2. The Morgan fingerprint density at radius 2 is 2.00 bits per heavy atom. The molecule has 0 bridgehead atoms. The van der Waals surface area contributed by atoms with Crippen LogP contribution in [0, 0.1) is 26.5 Å². The van der Waals surface area contributed by atoms with Gasteiger partial charge in [0.25, 0.3) is 0 Å². The quantitative estimate of drug-likeness (QED) is 0.396. The summed E-state index contributed by atoms with van der Waals surface area (Å²) in [7, 11) is 0. The van der Waals surface area contributed by atoms with Crippen LogP contribution in [0.1, 0.15) is 63.1 Å². The van der Waals surface area contributed by atoms with E-state index >= 15 is 0 Å². The fourth-order valence-corrected chi connectivity index (χ4v) is 3.95. The molecule has 0 amide bonds. The molecule has 1 aliphatic rings. The zero-order valence-electron chi connectivity index (χ0n) is 26.2. The lowest BCUT2D eigenvalue weighted by molar-refractivity contribution is 0.544. The van der Waals surface area contributed by atoms with Crippen molar-refractivity contribution in [2.45, 2.75) is 52.6 Å². The summed E-state index contributed by atoms with van der Waals surface area (Å²) in [5.41, 5.74) is 0.207. The summed E-state index contributed by atoms with van der Waals surface area (Å²) < 4.78 is 94.6. The van der Waals surface area contributed by atoms with Crippen molar-refractivity contribution in [1.82, 2.24) is 9.97 Å². The average Bonchev–Trinajstić information content (AvgIpc) is 3.49. The van der Waals surface area contributed by atoms with Crippen molar-refractivity contribution < 1.29 is 19.5 Å². The van der Waals surface area contributed by atoms with Gasteiger partial charge in [0.05, 0.1) is 11.1 Å². The highest BCUT2D eigenvalue weighted by Crippen LogP contribution is 2.34. The minimum atomic E-state index is -2.66. The highest BCUT2D eigenvalue weighted by atomic mass is 16.3. The van der Waals surface area contributed by atoms with E-state index < -0.39 is 32.6 Å². The molecule has 0 unspecified atom stereocenters. The van der Waals surface area contributed by atoms with Crippen LogP contribution >= 0.6 is 0 Å². The van der Waals surface area contributed by atoms with E-state index in [-0.39, 0.29) is 45.0 Å². The van der Waals surface area contributed by atoms with Gasteiger partial charge >= 0.3 is 0 Å². The molecule has 0 saturated heterocycles. The van der Waals surface area contributed by atoms with Gasteiger partial charge in [-0.25, -0.2) is 4.98 Å². The maximum atomic E-state index is 8.74. The molecule has 0 atom stereocenters. The van der Waals surface area contributed by atoms with Crippen LogP contribution in [0.5, 0.6) is 0 Å². The molecule has 0 aliphatic heterocycles. The predicted molar refractivity (Wildman–Crippen MR) is 115 cm³/mol. The second-order valence-electron chi connectivity index (χ2n) is 7.29. The van der Waals surface area contributed by atoms with Gasteiger partial charge < -0.3 is 4.42 Å². The first kappa shape index (κ1) is 9.21. The van der Waals surface area contributed by atoms with Crippen molar-refractivity contribution in [2.75, 3.05) is 0 Å². The third-order valence-corrected chi connectivity index (χ3v) is 5.36. The minimum absolute atomic E-state index is 0.0547. The lowest BCUT2D eigenvalue weighted by Crippen LogP contribution is -2.02. The standard InChI is InChI=1S/C25H26N2O/c1-15-11-22(26-14-20(15)12-18-6-4-5-7-18)19-8-9-23-21(13-19)24-16(2)10-17(3)27-25(24)28-23/h8-11,13-14,18H,4-7,12H2,1-3H3/i1D3,2D3,3D3,12D2. The number of aromatic nitrogens is 2. The number of rotatable bonds is 3. The van der Waals surface area contributed by atoms with Gasteiger partial charge in [-0.05, 0) is 79.9 Å². The van der Waals surface area contributed by atoms with E-state index in [1.54, 1.807) is 18.2 Å². The first-order chi connectivity index (χ1) is 18.0. The van der Waals surface area contributed by atoms with E-state index in [1.807, 2.05) is 0 Å². The summed E-state index contributed by atoms with van der Waals surface area (Å²) in [5, 5.41) is 0.505. The molecule has 3 heterocycles. The van der Waals surface area contributed by atoms with Crippen molar-refractivity contribution in [1.29, 1.82) is 0 Å². The average molecular weight is 382 g/mol. The lowest BCUT2D eigenvalue weighted by Gasteiger charge is -2.12. The van der Waals surface area contributed by atoms with Crippen LogP contribution in [0.2, 0.25) is 0 Å². The summed E-state index contributed by atoms with van der Waals surface area (Å²) in [6, 6.07) is 7.21. The van der Waals surface area contributed by atoms with Crippen molar-refractivity contribution in [3.05, 3.63) is 58.9 Å². The number of benzene rings is 1. The van der Waals surface area contributed by atoms with Gasteiger partial charge in [-0.1, -0.05) is 25.7 Å². The zero-order valence-corrected chi connectivity index (χ0v) is 15.2. The molecule has 1 aliphatic carbocycles. The van der Waals surface area contributed by atoms with Gasteiger partial charge in [-0.3, -0.25) is 4.98 Å². The van der Waals surface area contributed by atoms with Crippen molar-refractivity contribution in [3.63, 3.8) is 0 Å². The van der Waals surface area contributed by atoms with Gasteiger partial charge in [-0.15, -0.1) is 0 Å². The van der Waals surface area contributed by atoms with Crippen LogP contribution in [-0.4, -0.2) is 9.97 Å². The molecule has 3 nitrogen and oxygen atoms in total. The van der Waals surface area contributed by atoms with Gasteiger partial charge in [0.15, 0.2) is 0 Å². The molecular weight excluding hydrogens is 344 g/mol. The number of hydrogen-bond acceptors (Lipinski definition) is 3. The van der Waals surface area contributed by atoms with Gasteiger partial charge in [0.2, 0.25) is 5.71 Å². The Hall–Kier alpha value is -2.68. The third-order valence-electron chi connectivity index (χ3n) is 5.36. The maximum absolute atomic E-state index is 8.74. The fourth-order valence-electron chi connectivity index (χ4n) is 3.95. The Morgan fingerprint density at radius 3 is 2.82 bits per heavy atom. The van der Waals surface area contributed by atoms with Crippen molar-refractivity contribution in [2.24, 2.45) is 5.92 Å². The molecule has 3 aromatic heterocycles. The van der Waals surface area contributed by atoms with Gasteiger partial charge in [-0.2, -0.15) is 0 Å². The maximum Gasteiger partial charge on any atom is 0.227 e. The monoisotopic (exact) mass is 381 g/mol. The van der Waals surface area contributed by atoms with E-state index in [9.17, 15) is 0 Å². The fraction of sp³-hybridized carbons (Fsp3) is 0.360. The molecule has 28 heavy (non-hydrogen) atoms. The van der Waals surface area contributed by atoms with Crippen LogP contribution in [0.3, 0.4) is 0 Å². The number of pyridine rings is 2. The van der Waals surface area contributed by atoms with Gasteiger partial charge in [0.1, 0.15) is 5.58 Å². The Morgan fingerprint density at radius 1 is 1.11 bits per heavy atom. The lowest BCUT2D eigenvalue weighted by atomic mass is 9.95. The third kappa shape index (κ3) is 2.99. The normalized spacial score (nSPS) is 22.8. The summed E-state index contributed by atoms with van der Waals surface area (Å²) in [6.07, 6.45) is 2.62. The van der Waals surface area contributed by atoms with Crippen LogP contribution in [0.4, 0.5) is 0 Å². The van der Waals surface area contributed by atoms with E-state index in [4.69, 9.17) is 19.5 Å². The Kier molecular flexibility index (Phi) is 2.22. The first-order valence-electron chi connectivity index (χ1n) is 14.9. The minimum Gasteiger partial charge on any atom is -0.438 e. The van der Waals surface area contributed by atoms with Crippen LogP contribution in [-0.2, 0) is 6.37 Å². The van der Waals surface area contributed by atoms with E-state index in [0.29, 0.717) is 23.8 Å². The second-order valence-corrected chi connectivity index (χ2v) is 7.29.